The number of fused-ring (bicyclic) bond motifs is 1. The number of aromatic amines is 1. The Balaban J connectivity index is 1.81. The van der Waals surface area contributed by atoms with E-state index in [0.717, 1.165) is 22.6 Å². The third-order valence-corrected chi connectivity index (χ3v) is 4.69. The van der Waals surface area contributed by atoms with Gasteiger partial charge in [-0.3, -0.25) is 9.89 Å². The highest BCUT2D eigenvalue weighted by Crippen LogP contribution is 2.39. The monoisotopic (exact) mass is 273 g/mol. The van der Waals surface area contributed by atoms with Crippen molar-refractivity contribution in [2.24, 2.45) is 0 Å². The minimum Gasteiger partial charge on any atom is -0.308 e. The number of benzene rings is 1. The van der Waals surface area contributed by atoms with Gasteiger partial charge in [0.2, 0.25) is 5.91 Å². The van der Waals surface area contributed by atoms with Crippen molar-refractivity contribution in [2.45, 2.75) is 24.7 Å². The molecule has 0 saturated carbocycles. The molecule has 3 rings (SSSR count). The van der Waals surface area contributed by atoms with Gasteiger partial charge in [-0.15, -0.1) is 11.8 Å². The van der Waals surface area contributed by atoms with E-state index < -0.39 is 0 Å². The van der Waals surface area contributed by atoms with E-state index in [1.807, 2.05) is 32.0 Å². The molecular formula is C14H15N3OS. The maximum atomic E-state index is 12.4. The van der Waals surface area contributed by atoms with Crippen LogP contribution in [-0.2, 0) is 4.79 Å². The van der Waals surface area contributed by atoms with Gasteiger partial charge in [-0.2, -0.15) is 5.10 Å². The molecule has 2 aromatic rings. The number of nitrogens with one attached hydrogen (secondary N) is 2. The molecule has 1 aliphatic heterocycles. The fourth-order valence-corrected chi connectivity index (χ4v) is 3.42. The molecule has 1 aromatic heterocycles. The molecule has 2 N–H and O–H groups in total. The van der Waals surface area contributed by atoms with Crippen LogP contribution in [0.25, 0.3) is 0 Å². The normalized spacial score (nSPS) is 17.3. The van der Waals surface area contributed by atoms with Gasteiger partial charge in [0.1, 0.15) is 0 Å². The first-order valence-corrected chi connectivity index (χ1v) is 7.19. The SMILES string of the molecule is Cc1[nH]nc(NC(=O)C2CSc3ccccc32)c1C. The Kier molecular flexibility index (Phi) is 3.06. The summed E-state index contributed by atoms with van der Waals surface area (Å²) >= 11 is 1.74. The summed E-state index contributed by atoms with van der Waals surface area (Å²) in [4.78, 5) is 13.6. The van der Waals surface area contributed by atoms with Crippen molar-refractivity contribution < 1.29 is 4.79 Å². The Morgan fingerprint density at radius 3 is 2.95 bits per heavy atom. The van der Waals surface area contributed by atoms with Gasteiger partial charge in [-0.1, -0.05) is 18.2 Å². The minimum atomic E-state index is -0.0855. The van der Waals surface area contributed by atoms with E-state index in [-0.39, 0.29) is 11.8 Å². The zero-order chi connectivity index (χ0) is 13.4. The molecule has 0 fully saturated rings. The van der Waals surface area contributed by atoms with E-state index in [4.69, 9.17) is 0 Å². The number of carbonyl (C=O) groups excluding carboxylic acids is 1. The van der Waals surface area contributed by atoms with Crippen molar-refractivity contribution in [3.05, 3.63) is 41.1 Å². The fourth-order valence-electron chi connectivity index (χ4n) is 2.19. The van der Waals surface area contributed by atoms with E-state index in [1.54, 1.807) is 11.8 Å². The van der Waals surface area contributed by atoms with Gasteiger partial charge in [0.05, 0.1) is 5.92 Å². The molecule has 0 saturated heterocycles. The van der Waals surface area contributed by atoms with Crippen molar-refractivity contribution >= 4 is 23.5 Å². The number of anilines is 1. The van der Waals surface area contributed by atoms with Gasteiger partial charge in [0.15, 0.2) is 5.82 Å². The summed E-state index contributed by atoms with van der Waals surface area (Å²) in [5.74, 6) is 1.37. The van der Waals surface area contributed by atoms with Crippen LogP contribution < -0.4 is 5.32 Å². The molecule has 0 bridgehead atoms. The van der Waals surface area contributed by atoms with Crippen molar-refractivity contribution in [3.63, 3.8) is 0 Å². The van der Waals surface area contributed by atoms with Crippen LogP contribution in [0.15, 0.2) is 29.2 Å². The molecule has 0 aliphatic carbocycles. The number of aryl methyl sites for hydroxylation is 1. The Labute approximate surface area is 116 Å². The first-order valence-electron chi connectivity index (χ1n) is 6.21. The van der Waals surface area contributed by atoms with Gasteiger partial charge >= 0.3 is 0 Å². The van der Waals surface area contributed by atoms with E-state index in [2.05, 4.69) is 21.6 Å². The Hall–Kier alpha value is -1.75. The summed E-state index contributed by atoms with van der Waals surface area (Å²) in [6.07, 6.45) is 0. The zero-order valence-corrected chi connectivity index (χ0v) is 11.7. The van der Waals surface area contributed by atoms with Crippen molar-refractivity contribution in [1.29, 1.82) is 0 Å². The van der Waals surface area contributed by atoms with E-state index in [9.17, 15) is 4.79 Å². The largest absolute Gasteiger partial charge is 0.308 e. The van der Waals surface area contributed by atoms with E-state index >= 15 is 0 Å². The van der Waals surface area contributed by atoms with Crippen LogP contribution in [0.4, 0.5) is 5.82 Å². The van der Waals surface area contributed by atoms with Crippen LogP contribution in [0.5, 0.6) is 0 Å². The van der Waals surface area contributed by atoms with Gasteiger partial charge in [0, 0.05) is 21.9 Å². The highest BCUT2D eigenvalue weighted by molar-refractivity contribution is 7.99. The molecule has 0 spiro atoms. The number of amides is 1. The summed E-state index contributed by atoms with van der Waals surface area (Å²) < 4.78 is 0. The van der Waals surface area contributed by atoms with E-state index in [0.29, 0.717) is 5.82 Å². The number of hydrogen-bond donors (Lipinski definition) is 2. The van der Waals surface area contributed by atoms with E-state index in [1.165, 1.54) is 4.90 Å². The van der Waals surface area contributed by atoms with Crippen molar-refractivity contribution in [3.8, 4) is 0 Å². The molecule has 1 aliphatic rings. The van der Waals surface area contributed by atoms with Crippen LogP contribution in [-0.4, -0.2) is 21.9 Å². The lowest BCUT2D eigenvalue weighted by Crippen LogP contribution is -2.21. The number of hydrogen-bond acceptors (Lipinski definition) is 3. The maximum Gasteiger partial charge on any atom is 0.234 e. The van der Waals surface area contributed by atoms with Crippen LogP contribution >= 0.6 is 11.8 Å². The molecule has 1 atom stereocenters. The number of aromatic nitrogens is 2. The first kappa shape index (κ1) is 12.3. The maximum absolute atomic E-state index is 12.4. The zero-order valence-electron chi connectivity index (χ0n) is 10.9. The predicted molar refractivity (Wildman–Crippen MR) is 76.6 cm³/mol. The second-order valence-electron chi connectivity index (χ2n) is 4.71. The molecule has 2 heterocycles. The lowest BCUT2D eigenvalue weighted by atomic mass is 10.0. The standard InChI is InChI=1S/C14H15N3OS/c1-8-9(2)16-17-13(8)15-14(18)11-7-19-12-6-4-3-5-10(11)12/h3-6,11H,7H2,1-2H3,(H2,15,16,17,18). The summed E-state index contributed by atoms with van der Waals surface area (Å²) in [7, 11) is 0. The van der Waals surface area contributed by atoms with Crippen LogP contribution in [0.3, 0.4) is 0 Å². The van der Waals surface area contributed by atoms with Gasteiger partial charge in [-0.25, -0.2) is 0 Å². The number of carbonyl (C=O) groups is 1. The second-order valence-corrected chi connectivity index (χ2v) is 5.77. The van der Waals surface area contributed by atoms with Crippen molar-refractivity contribution in [1.82, 2.24) is 10.2 Å². The molecule has 5 heteroatoms. The summed E-state index contributed by atoms with van der Waals surface area (Å²) in [6.45, 7) is 3.89. The highest BCUT2D eigenvalue weighted by atomic mass is 32.2. The molecule has 98 valence electrons. The van der Waals surface area contributed by atoms with Crippen LogP contribution in [0.1, 0.15) is 22.7 Å². The van der Waals surface area contributed by atoms with Crippen LogP contribution in [0, 0.1) is 13.8 Å². The Bertz CT molecular complexity index is 635. The third kappa shape index (κ3) is 2.14. The van der Waals surface area contributed by atoms with Gasteiger partial charge in [0.25, 0.3) is 0 Å². The molecule has 1 unspecified atom stereocenters. The summed E-state index contributed by atoms with van der Waals surface area (Å²) in [5, 5.41) is 9.92. The first-order chi connectivity index (χ1) is 9.16. The van der Waals surface area contributed by atoms with Crippen molar-refractivity contribution in [2.75, 3.05) is 11.1 Å². The lowest BCUT2D eigenvalue weighted by molar-refractivity contribution is -0.117. The summed E-state index contributed by atoms with van der Waals surface area (Å²) in [5.41, 5.74) is 3.10. The fraction of sp³-hybridized carbons (Fsp3) is 0.286. The second kappa shape index (κ2) is 4.74. The average Bonchev–Trinajstić information content (AvgIpc) is 2.97. The lowest BCUT2D eigenvalue weighted by Gasteiger charge is -2.10. The number of nitrogens with zero attached hydrogens (tertiary/aromatic N) is 1. The predicted octanol–water partition coefficient (Wildman–Crippen LogP) is 2.85. The molecule has 19 heavy (non-hydrogen) atoms. The summed E-state index contributed by atoms with van der Waals surface area (Å²) in [6, 6.07) is 8.09. The Morgan fingerprint density at radius 1 is 1.42 bits per heavy atom. The average molecular weight is 273 g/mol. The molecule has 1 aromatic carbocycles. The number of H-pyrrole nitrogens is 1. The van der Waals surface area contributed by atoms with Gasteiger partial charge < -0.3 is 5.32 Å². The molecular weight excluding hydrogens is 258 g/mol. The quantitative estimate of drug-likeness (QED) is 0.884. The minimum absolute atomic E-state index is 0.0204. The molecule has 1 amide bonds. The molecule has 0 radical (unpaired) electrons. The Morgan fingerprint density at radius 2 is 2.21 bits per heavy atom. The third-order valence-electron chi connectivity index (χ3n) is 3.51. The topological polar surface area (TPSA) is 57.8 Å². The number of thioether (sulfide) groups is 1. The molecule has 4 nitrogen and oxygen atoms in total. The number of rotatable bonds is 2. The van der Waals surface area contributed by atoms with Gasteiger partial charge in [-0.05, 0) is 25.5 Å². The van der Waals surface area contributed by atoms with Crippen LogP contribution in [0.2, 0.25) is 0 Å². The smallest absolute Gasteiger partial charge is 0.234 e. The highest BCUT2D eigenvalue weighted by Gasteiger charge is 2.29.